The molecule has 0 aliphatic carbocycles. The van der Waals surface area contributed by atoms with Gasteiger partial charge in [-0.05, 0) is 54.4 Å². The zero-order chi connectivity index (χ0) is 20.5. The van der Waals surface area contributed by atoms with Gasteiger partial charge in [0.05, 0.1) is 25.7 Å². The standard InChI is InChI=1S/C22H23N3O3S/c1-27-18-9-7-16(8-10-18)19-11-12-22(25-24-19)29-15-21(26)23-14-13-17-5-3-4-6-20(17)28-2/h3-12H,13-15H2,1-2H3,(H,23,26). The SMILES string of the molecule is COc1ccc(-c2ccc(SCC(=O)NCCc3ccccc3OC)nn2)cc1. The molecule has 1 N–H and O–H groups in total. The lowest BCUT2D eigenvalue weighted by molar-refractivity contribution is -0.118. The van der Waals surface area contributed by atoms with E-state index in [1.54, 1.807) is 14.2 Å². The van der Waals surface area contributed by atoms with Crippen LogP contribution in [0.1, 0.15) is 5.56 Å². The van der Waals surface area contributed by atoms with Crippen LogP contribution in [0.5, 0.6) is 11.5 Å². The van der Waals surface area contributed by atoms with Gasteiger partial charge in [0.1, 0.15) is 16.5 Å². The zero-order valence-electron chi connectivity index (χ0n) is 16.4. The summed E-state index contributed by atoms with van der Waals surface area (Å²) in [5, 5.41) is 12.1. The third kappa shape index (κ3) is 5.96. The van der Waals surface area contributed by atoms with Crippen LogP contribution in [-0.2, 0) is 11.2 Å². The first-order chi connectivity index (χ1) is 14.2. The highest BCUT2D eigenvalue weighted by Crippen LogP contribution is 2.22. The van der Waals surface area contributed by atoms with E-state index >= 15 is 0 Å². The second-order valence-electron chi connectivity index (χ2n) is 6.19. The van der Waals surface area contributed by atoms with Crippen molar-refractivity contribution in [1.29, 1.82) is 0 Å². The third-order valence-corrected chi connectivity index (χ3v) is 5.21. The Bertz CT molecular complexity index is 931. The second-order valence-corrected chi connectivity index (χ2v) is 7.18. The summed E-state index contributed by atoms with van der Waals surface area (Å²) in [6, 6.07) is 19.2. The highest BCUT2D eigenvalue weighted by atomic mass is 32.2. The minimum Gasteiger partial charge on any atom is -0.497 e. The Hall–Kier alpha value is -3.06. The summed E-state index contributed by atoms with van der Waals surface area (Å²) in [6.07, 6.45) is 0.719. The van der Waals surface area contributed by atoms with Crippen LogP contribution in [-0.4, -0.2) is 42.6 Å². The van der Waals surface area contributed by atoms with Gasteiger partial charge in [0.25, 0.3) is 0 Å². The smallest absolute Gasteiger partial charge is 0.230 e. The maximum absolute atomic E-state index is 12.1. The molecule has 150 valence electrons. The number of hydrogen-bond donors (Lipinski definition) is 1. The number of carbonyl (C=O) groups excluding carboxylic acids is 1. The molecule has 0 radical (unpaired) electrons. The van der Waals surface area contributed by atoms with Crippen molar-refractivity contribution in [1.82, 2.24) is 15.5 Å². The van der Waals surface area contributed by atoms with E-state index in [0.29, 0.717) is 17.3 Å². The summed E-state index contributed by atoms with van der Waals surface area (Å²) in [4.78, 5) is 12.1. The average Bonchev–Trinajstić information content (AvgIpc) is 2.78. The van der Waals surface area contributed by atoms with E-state index in [9.17, 15) is 4.79 Å². The van der Waals surface area contributed by atoms with Crippen molar-refractivity contribution >= 4 is 17.7 Å². The molecule has 0 saturated carbocycles. The topological polar surface area (TPSA) is 73.3 Å². The molecule has 1 heterocycles. The van der Waals surface area contributed by atoms with Crippen LogP contribution in [0.4, 0.5) is 0 Å². The number of methoxy groups -OCH3 is 2. The van der Waals surface area contributed by atoms with Crippen LogP contribution in [0.15, 0.2) is 65.7 Å². The first-order valence-corrected chi connectivity index (χ1v) is 10.2. The maximum Gasteiger partial charge on any atom is 0.230 e. The summed E-state index contributed by atoms with van der Waals surface area (Å²) < 4.78 is 10.5. The van der Waals surface area contributed by atoms with Crippen molar-refractivity contribution in [2.24, 2.45) is 0 Å². The maximum atomic E-state index is 12.1. The van der Waals surface area contributed by atoms with Crippen LogP contribution >= 0.6 is 11.8 Å². The van der Waals surface area contributed by atoms with E-state index < -0.39 is 0 Å². The highest BCUT2D eigenvalue weighted by Gasteiger charge is 2.07. The molecule has 2 aromatic carbocycles. The average molecular weight is 410 g/mol. The summed E-state index contributed by atoms with van der Waals surface area (Å²) in [5.41, 5.74) is 2.81. The van der Waals surface area contributed by atoms with Gasteiger partial charge in [-0.25, -0.2) is 0 Å². The van der Waals surface area contributed by atoms with Crippen molar-refractivity contribution in [3.8, 4) is 22.8 Å². The molecule has 0 spiro atoms. The van der Waals surface area contributed by atoms with Crippen LogP contribution in [0.2, 0.25) is 0 Å². The van der Waals surface area contributed by atoms with E-state index in [-0.39, 0.29) is 5.91 Å². The van der Waals surface area contributed by atoms with Crippen LogP contribution in [0.25, 0.3) is 11.3 Å². The zero-order valence-corrected chi connectivity index (χ0v) is 17.2. The first-order valence-electron chi connectivity index (χ1n) is 9.19. The van der Waals surface area contributed by atoms with E-state index in [1.165, 1.54) is 11.8 Å². The molecule has 3 aromatic rings. The molecule has 0 atom stereocenters. The Labute approximate surface area is 174 Å². The molecule has 0 fully saturated rings. The lowest BCUT2D eigenvalue weighted by Gasteiger charge is -2.09. The lowest BCUT2D eigenvalue weighted by atomic mass is 10.1. The first kappa shape index (κ1) is 20.7. The van der Waals surface area contributed by atoms with E-state index in [0.717, 1.165) is 34.7 Å². The Kier molecular flexibility index (Phi) is 7.47. The van der Waals surface area contributed by atoms with Crippen LogP contribution in [0, 0.1) is 0 Å². The molecule has 0 unspecified atom stereocenters. The largest absolute Gasteiger partial charge is 0.497 e. The number of carbonyl (C=O) groups is 1. The molecule has 0 bridgehead atoms. The Morgan fingerprint density at radius 1 is 0.966 bits per heavy atom. The lowest BCUT2D eigenvalue weighted by Crippen LogP contribution is -2.27. The number of nitrogens with one attached hydrogen (secondary N) is 1. The van der Waals surface area contributed by atoms with Gasteiger partial charge in [-0.3, -0.25) is 4.79 Å². The number of nitrogens with zero attached hydrogens (tertiary/aromatic N) is 2. The number of amides is 1. The number of para-hydroxylation sites is 1. The van der Waals surface area contributed by atoms with Gasteiger partial charge >= 0.3 is 0 Å². The van der Waals surface area contributed by atoms with E-state index in [1.807, 2.05) is 60.7 Å². The quantitative estimate of drug-likeness (QED) is 0.544. The van der Waals surface area contributed by atoms with Crippen molar-refractivity contribution < 1.29 is 14.3 Å². The molecule has 0 saturated heterocycles. The van der Waals surface area contributed by atoms with Crippen LogP contribution in [0.3, 0.4) is 0 Å². The number of hydrogen-bond acceptors (Lipinski definition) is 6. The van der Waals surface area contributed by atoms with E-state index in [4.69, 9.17) is 9.47 Å². The summed E-state index contributed by atoms with van der Waals surface area (Å²) in [5.74, 6) is 1.89. The Morgan fingerprint density at radius 2 is 1.76 bits per heavy atom. The van der Waals surface area contributed by atoms with Crippen molar-refractivity contribution in [2.45, 2.75) is 11.4 Å². The molecular formula is C22H23N3O3S. The van der Waals surface area contributed by atoms with Gasteiger partial charge in [-0.15, -0.1) is 10.2 Å². The number of ether oxygens (including phenoxy) is 2. The molecule has 1 amide bonds. The minimum absolute atomic E-state index is 0.0362. The van der Waals surface area contributed by atoms with Crippen molar-refractivity contribution in [2.75, 3.05) is 26.5 Å². The van der Waals surface area contributed by atoms with Gasteiger partial charge in [0.2, 0.25) is 5.91 Å². The number of thioether (sulfide) groups is 1. The summed E-state index contributed by atoms with van der Waals surface area (Å²) in [7, 11) is 3.28. The molecule has 0 aliphatic rings. The Balaban J connectivity index is 1.45. The van der Waals surface area contributed by atoms with Gasteiger partial charge in [0, 0.05) is 12.1 Å². The van der Waals surface area contributed by atoms with Crippen molar-refractivity contribution in [3.05, 3.63) is 66.2 Å². The Morgan fingerprint density at radius 3 is 2.45 bits per heavy atom. The van der Waals surface area contributed by atoms with Gasteiger partial charge < -0.3 is 14.8 Å². The molecule has 7 heteroatoms. The number of benzene rings is 2. The normalized spacial score (nSPS) is 10.4. The summed E-state index contributed by atoms with van der Waals surface area (Å²) >= 11 is 1.36. The molecule has 6 nitrogen and oxygen atoms in total. The molecular weight excluding hydrogens is 386 g/mol. The van der Waals surface area contributed by atoms with Gasteiger partial charge in [-0.1, -0.05) is 30.0 Å². The number of rotatable bonds is 9. The van der Waals surface area contributed by atoms with Crippen molar-refractivity contribution in [3.63, 3.8) is 0 Å². The fraction of sp³-hybridized carbons (Fsp3) is 0.227. The number of aromatic nitrogens is 2. The van der Waals surface area contributed by atoms with Gasteiger partial charge in [-0.2, -0.15) is 0 Å². The fourth-order valence-corrected chi connectivity index (χ4v) is 3.39. The predicted molar refractivity (Wildman–Crippen MR) is 114 cm³/mol. The second kappa shape index (κ2) is 10.5. The van der Waals surface area contributed by atoms with Crippen LogP contribution < -0.4 is 14.8 Å². The third-order valence-electron chi connectivity index (χ3n) is 4.29. The fourth-order valence-electron chi connectivity index (χ4n) is 2.75. The molecule has 3 rings (SSSR count). The monoisotopic (exact) mass is 409 g/mol. The highest BCUT2D eigenvalue weighted by molar-refractivity contribution is 7.99. The van der Waals surface area contributed by atoms with E-state index in [2.05, 4.69) is 15.5 Å². The van der Waals surface area contributed by atoms with Gasteiger partial charge in [0.15, 0.2) is 0 Å². The predicted octanol–water partition coefficient (Wildman–Crippen LogP) is 3.61. The molecule has 29 heavy (non-hydrogen) atoms. The molecule has 0 aliphatic heterocycles. The summed E-state index contributed by atoms with van der Waals surface area (Å²) in [6.45, 7) is 0.557. The minimum atomic E-state index is -0.0362. The molecule has 1 aromatic heterocycles.